The van der Waals surface area contributed by atoms with Crippen LogP contribution in [0.3, 0.4) is 0 Å². The van der Waals surface area contributed by atoms with Crippen molar-refractivity contribution in [2.45, 2.75) is 26.9 Å². The molecular formula is C24H25N5O3. The number of nitrogens with one attached hydrogen (secondary N) is 1. The second-order valence-corrected chi connectivity index (χ2v) is 7.55. The van der Waals surface area contributed by atoms with Crippen molar-refractivity contribution in [1.82, 2.24) is 25.1 Å². The minimum atomic E-state index is -0.615. The van der Waals surface area contributed by atoms with E-state index < -0.39 is 6.10 Å². The molecule has 2 heterocycles. The van der Waals surface area contributed by atoms with Gasteiger partial charge in [0.05, 0.1) is 6.54 Å². The highest BCUT2D eigenvalue weighted by Gasteiger charge is 2.15. The van der Waals surface area contributed by atoms with Gasteiger partial charge in [0, 0.05) is 11.6 Å². The summed E-state index contributed by atoms with van der Waals surface area (Å²) in [6.45, 7) is 6.31. The van der Waals surface area contributed by atoms with Gasteiger partial charge in [-0.1, -0.05) is 36.4 Å². The Bertz CT molecular complexity index is 1200. The normalized spacial score (nSPS) is 11.8. The van der Waals surface area contributed by atoms with Gasteiger partial charge in [0.25, 0.3) is 5.91 Å². The number of fused-ring (bicyclic) bond motifs is 1. The predicted octanol–water partition coefficient (Wildman–Crippen LogP) is 3.37. The molecule has 0 saturated carbocycles. The van der Waals surface area contributed by atoms with Crippen LogP contribution in [0.5, 0.6) is 11.6 Å². The number of hydrogen-bond acceptors (Lipinski definition) is 6. The van der Waals surface area contributed by atoms with Crippen LogP contribution in [-0.2, 0) is 4.79 Å². The molecule has 4 rings (SSSR count). The summed E-state index contributed by atoms with van der Waals surface area (Å²) < 4.78 is 13.1. The Labute approximate surface area is 186 Å². The van der Waals surface area contributed by atoms with Crippen molar-refractivity contribution in [2.24, 2.45) is 0 Å². The zero-order valence-corrected chi connectivity index (χ0v) is 18.3. The minimum Gasteiger partial charge on any atom is -0.481 e. The first kappa shape index (κ1) is 21.3. The van der Waals surface area contributed by atoms with Crippen LogP contribution in [-0.4, -0.2) is 45.0 Å². The molecule has 1 amide bonds. The topological polar surface area (TPSA) is 90.6 Å². The fourth-order valence-electron chi connectivity index (χ4n) is 3.35. The monoisotopic (exact) mass is 431 g/mol. The Morgan fingerprint density at radius 3 is 2.53 bits per heavy atom. The predicted molar refractivity (Wildman–Crippen MR) is 121 cm³/mol. The molecule has 0 saturated heterocycles. The smallest absolute Gasteiger partial charge is 0.260 e. The van der Waals surface area contributed by atoms with E-state index in [1.165, 1.54) is 0 Å². The molecule has 2 aromatic heterocycles. The van der Waals surface area contributed by atoms with Gasteiger partial charge in [0.2, 0.25) is 5.88 Å². The van der Waals surface area contributed by atoms with Gasteiger partial charge in [0.1, 0.15) is 12.4 Å². The SMILES string of the molecule is Cc1cc(C)cc(OC(C)C(=O)NCCOc2ccc3nnc(-c4ccccc4)n3n2)c1. The average molecular weight is 431 g/mol. The van der Waals surface area contributed by atoms with Crippen molar-refractivity contribution in [2.75, 3.05) is 13.2 Å². The second kappa shape index (κ2) is 9.47. The third kappa shape index (κ3) is 5.03. The van der Waals surface area contributed by atoms with Crippen molar-refractivity contribution < 1.29 is 14.3 Å². The number of aryl methyl sites for hydroxylation is 2. The number of ether oxygens (including phenoxy) is 2. The number of rotatable bonds is 8. The summed E-state index contributed by atoms with van der Waals surface area (Å²) in [6.07, 6.45) is -0.615. The molecule has 0 fully saturated rings. The third-order valence-corrected chi connectivity index (χ3v) is 4.80. The number of carbonyl (C=O) groups excluding carboxylic acids is 1. The van der Waals surface area contributed by atoms with Crippen molar-refractivity contribution in [3.05, 3.63) is 71.8 Å². The number of benzene rings is 2. The molecule has 0 radical (unpaired) electrons. The van der Waals surface area contributed by atoms with Crippen LogP contribution in [0, 0.1) is 13.8 Å². The molecule has 0 bridgehead atoms. The van der Waals surface area contributed by atoms with E-state index in [0.29, 0.717) is 29.6 Å². The highest BCUT2D eigenvalue weighted by atomic mass is 16.5. The van der Waals surface area contributed by atoms with E-state index in [1.807, 2.05) is 56.3 Å². The van der Waals surface area contributed by atoms with Crippen LogP contribution in [0.1, 0.15) is 18.1 Å². The van der Waals surface area contributed by atoms with E-state index in [-0.39, 0.29) is 12.5 Å². The van der Waals surface area contributed by atoms with Crippen molar-refractivity contribution in [3.8, 4) is 23.0 Å². The standard InChI is InChI=1S/C24H25N5O3/c1-16-13-17(2)15-20(14-16)32-18(3)24(30)25-11-12-31-22-10-9-21-26-27-23(29(21)28-22)19-7-5-4-6-8-19/h4-10,13-15,18H,11-12H2,1-3H3,(H,25,30). The van der Waals surface area contributed by atoms with Crippen LogP contribution in [0.15, 0.2) is 60.7 Å². The van der Waals surface area contributed by atoms with Crippen molar-refractivity contribution in [1.29, 1.82) is 0 Å². The van der Waals surface area contributed by atoms with Crippen LogP contribution >= 0.6 is 0 Å². The maximum atomic E-state index is 12.3. The fourth-order valence-corrected chi connectivity index (χ4v) is 3.35. The average Bonchev–Trinajstić information content (AvgIpc) is 3.19. The maximum Gasteiger partial charge on any atom is 0.260 e. The number of carbonyl (C=O) groups is 1. The molecule has 0 spiro atoms. The lowest BCUT2D eigenvalue weighted by Gasteiger charge is -2.15. The molecule has 2 aromatic carbocycles. The lowest BCUT2D eigenvalue weighted by molar-refractivity contribution is -0.127. The van der Waals surface area contributed by atoms with Gasteiger partial charge in [-0.3, -0.25) is 4.79 Å². The van der Waals surface area contributed by atoms with Gasteiger partial charge in [-0.2, -0.15) is 4.52 Å². The molecule has 0 aliphatic rings. The minimum absolute atomic E-state index is 0.207. The molecule has 0 aliphatic heterocycles. The lowest BCUT2D eigenvalue weighted by atomic mass is 10.1. The summed E-state index contributed by atoms with van der Waals surface area (Å²) in [5, 5.41) is 15.7. The number of aromatic nitrogens is 4. The summed E-state index contributed by atoms with van der Waals surface area (Å²) in [6, 6.07) is 19.1. The number of amides is 1. The van der Waals surface area contributed by atoms with E-state index in [2.05, 4.69) is 26.7 Å². The van der Waals surface area contributed by atoms with Crippen LogP contribution in [0.2, 0.25) is 0 Å². The van der Waals surface area contributed by atoms with Crippen molar-refractivity contribution in [3.63, 3.8) is 0 Å². The Morgan fingerprint density at radius 2 is 1.78 bits per heavy atom. The lowest BCUT2D eigenvalue weighted by Crippen LogP contribution is -2.38. The van der Waals surface area contributed by atoms with Crippen LogP contribution in [0.4, 0.5) is 0 Å². The largest absolute Gasteiger partial charge is 0.481 e. The van der Waals surface area contributed by atoms with E-state index in [1.54, 1.807) is 23.6 Å². The maximum absolute atomic E-state index is 12.3. The first-order chi connectivity index (χ1) is 15.5. The van der Waals surface area contributed by atoms with E-state index >= 15 is 0 Å². The summed E-state index contributed by atoms with van der Waals surface area (Å²) in [5.41, 5.74) is 3.72. The fraction of sp³-hybridized carbons (Fsp3) is 0.250. The Kier molecular flexibility index (Phi) is 6.30. The Balaban J connectivity index is 1.31. The van der Waals surface area contributed by atoms with Crippen LogP contribution in [0.25, 0.3) is 17.0 Å². The molecule has 4 aromatic rings. The number of hydrogen-bond donors (Lipinski definition) is 1. The molecule has 8 nitrogen and oxygen atoms in total. The van der Waals surface area contributed by atoms with Crippen LogP contribution < -0.4 is 14.8 Å². The van der Waals surface area contributed by atoms with Gasteiger partial charge < -0.3 is 14.8 Å². The second-order valence-electron chi connectivity index (χ2n) is 7.55. The van der Waals surface area contributed by atoms with Gasteiger partial charge >= 0.3 is 0 Å². The van der Waals surface area contributed by atoms with E-state index in [9.17, 15) is 4.79 Å². The Hall–Kier alpha value is -3.94. The first-order valence-electron chi connectivity index (χ1n) is 10.4. The summed E-state index contributed by atoms with van der Waals surface area (Å²) in [5.74, 6) is 1.53. The molecular weight excluding hydrogens is 406 g/mol. The van der Waals surface area contributed by atoms with E-state index in [4.69, 9.17) is 9.47 Å². The highest BCUT2D eigenvalue weighted by Crippen LogP contribution is 2.19. The summed E-state index contributed by atoms with van der Waals surface area (Å²) in [4.78, 5) is 12.3. The quantitative estimate of drug-likeness (QED) is 0.430. The zero-order chi connectivity index (χ0) is 22.5. The highest BCUT2D eigenvalue weighted by molar-refractivity contribution is 5.80. The van der Waals surface area contributed by atoms with E-state index in [0.717, 1.165) is 16.7 Å². The molecule has 8 heteroatoms. The molecule has 164 valence electrons. The zero-order valence-electron chi connectivity index (χ0n) is 18.3. The molecule has 1 atom stereocenters. The Morgan fingerprint density at radius 1 is 1.03 bits per heavy atom. The molecule has 1 unspecified atom stereocenters. The molecule has 0 aliphatic carbocycles. The van der Waals surface area contributed by atoms with Gasteiger partial charge in [0.15, 0.2) is 17.6 Å². The number of nitrogens with zero attached hydrogens (tertiary/aromatic N) is 4. The van der Waals surface area contributed by atoms with Crippen molar-refractivity contribution >= 4 is 11.6 Å². The molecule has 1 N–H and O–H groups in total. The summed E-state index contributed by atoms with van der Waals surface area (Å²) >= 11 is 0. The molecule has 32 heavy (non-hydrogen) atoms. The van der Waals surface area contributed by atoms with Gasteiger partial charge in [-0.25, -0.2) is 0 Å². The summed E-state index contributed by atoms with van der Waals surface area (Å²) in [7, 11) is 0. The van der Waals surface area contributed by atoms with Gasteiger partial charge in [-0.15, -0.1) is 15.3 Å². The third-order valence-electron chi connectivity index (χ3n) is 4.80. The first-order valence-corrected chi connectivity index (χ1v) is 10.4. The van der Waals surface area contributed by atoms with Gasteiger partial charge in [-0.05, 0) is 50.1 Å².